The van der Waals surface area contributed by atoms with Crippen LogP contribution in [0, 0.1) is 18.7 Å². The molecule has 168 valence electrons. The van der Waals surface area contributed by atoms with Gasteiger partial charge >= 0.3 is 0 Å². The highest BCUT2D eigenvalue weighted by Gasteiger charge is 2.34. The number of piperidine rings is 1. The predicted octanol–water partition coefficient (Wildman–Crippen LogP) is 2.51. The van der Waals surface area contributed by atoms with Gasteiger partial charge in [-0.3, -0.25) is 4.79 Å². The maximum Gasteiger partial charge on any atom is 0.262 e. The van der Waals surface area contributed by atoms with Crippen molar-refractivity contribution in [2.24, 2.45) is 13.0 Å². The Bertz CT molecular complexity index is 1050. The molecular weight excluding hydrogens is 421 g/mol. The maximum atomic E-state index is 14.5. The zero-order chi connectivity index (χ0) is 22.2. The molecule has 0 saturated carbocycles. The van der Waals surface area contributed by atoms with Crippen LogP contribution < -0.4 is 10.2 Å². The average molecular weight is 450 g/mol. The summed E-state index contributed by atoms with van der Waals surface area (Å²) in [5.74, 6) is -0.478. The summed E-state index contributed by atoms with van der Waals surface area (Å²) in [7, 11) is -1.95. The van der Waals surface area contributed by atoms with E-state index in [1.807, 2.05) is 6.07 Å². The Kier molecular flexibility index (Phi) is 6.02. The third-order valence-corrected chi connectivity index (χ3v) is 7.97. The van der Waals surface area contributed by atoms with Crippen molar-refractivity contribution < 1.29 is 17.6 Å². The molecule has 2 aliphatic heterocycles. The van der Waals surface area contributed by atoms with Gasteiger partial charge in [-0.05, 0) is 44.7 Å². The minimum absolute atomic E-state index is 0.0250. The summed E-state index contributed by atoms with van der Waals surface area (Å²) in [5.41, 5.74) is 0.921. The summed E-state index contributed by atoms with van der Waals surface area (Å²) in [6, 6.07) is 4.83. The van der Waals surface area contributed by atoms with Crippen LogP contribution in [0.25, 0.3) is 0 Å². The number of hydrogen-bond donors (Lipinski definition) is 1. The van der Waals surface area contributed by atoms with Gasteiger partial charge in [0, 0.05) is 45.3 Å². The number of para-hydroxylation sites is 1. The number of carbonyl (C=O) groups excluding carboxylic acids is 1. The molecule has 0 unspecified atom stereocenters. The lowest BCUT2D eigenvalue weighted by molar-refractivity contribution is -0.120. The second kappa shape index (κ2) is 8.58. The predicted molar refractivity (Wildman–Crippen MR) is 116 cm³/mol. The SMILES string of the molecule is Cc1nc(S(=O)(=O)N2CCC(C(=O)Nc3c(F)cccc3N3CCCC3)CC2)cn1C. The summed E-state index contributed by atoms with van der Waals surface area (Å²) in [4.78, 5) is 19.1. The fraction of sp³-hybridized carbons (Fsp3) is 0.524. The molecule has 1 aromatic heterocycles. The van der Waals surface area contributed by atoms with Crippen molar-refractivity contribution in [1.82, 2.24) is 13.9 Å². The highest BCUT2D eigenvalue weighted by atomic mass is 32.2. The largest absolute Gasteiger partial charge is 0.370 e. The van der Waals surface area contributed by atoms with Gasteiger partial charge in [0.1, 0.15) is 17.3 Å². The van der Waals surface area contributed by atoms with Gasteiger partial charge in [0.05, 0.1) is 5.69 Å². The van der Waals surface area contributed by atoms with Gasteiger partial charge in [0.15, 0.2) is 5.03 Å². The smallest absolute Gasteiger partial charge is 0.262 e. The van der Waals surface area contributed by atoms with Gasteiger partial charge < -0.3 is 14.8 Å². The molecule has 0 spiro atoms. The van der Waals surface area contributed by atoms with Crippen LogP contribution in [-0.2, 0) is 21.9 Å². The van der Waals surface area contributed by atoms with E-state index in [1.165, 1.54) is 16.6 Å². The van der Waals surface area contributed by atoms with Crippen molar-refractivity contribution in [2.75, 3.05) is 36.4 Å². The monoisotopic (exact) mass is 449 g/mol. The van der Waals surface area contributed by atoms with Crippen molar-refractivity contribution >= 4 is 27.3 Å². The van der Waals surface area contributed by atoms with Gasteiger partial charge in [-0.2, -0.15) is 4.31 Å². The van der Waals surface area contributed by atoms with E-state index in [0.29, 0.717) is 24.4 Å². The summed E-state index contributed by atoms with van der Waals surface area (Å²) in [5, 5.41) is 2.81. The average Bonchev–Trinajstić information content (AvgIpc) is 3.40. The Labute approximate surface area is 182 Å². The van der Waals surface area contributed by atoms with Gasteiger partial charge in [0.2, 0.25) is 5.91 Å². The summed E-state index contributed by atoms with van der Waals surface area (Å²) >= 11 is 0. The van der Waals surface area contributed by atoms with Crippen LogP contribution in [0.4, 0.5) is 15.8 Å². The number of amides is 1. The first-order chi connectivity index (χ1) is 14.8. The van der Waals surface area contributed by atoms with Crippen molar-refractivity contribution in [3.63, 3.8) is 0 Å². The summed E-state index contributed by atoms with van der Waals surface area (Å²) in [6.07, 6.45) is 4.36. The zero-order valence-electron chi connectivity index (χ0n) is 17.8. The van der Waals surface area contributed by atoms with E-state index in [9.17, 15) is 17.6 Å². The molecule has 2 fully saturated rings. The van der Waals surface area contributed by atoms with Crippen LogP contribution in [0.3, 0.4) is 0 Å². The molecule has 31 heavy (non-hydrogen) atoms. The van der Waals surface area contributed by atoms with E-state index in [-0.39, 0.29) is 35.6 Å². The van der Waals surface area contributed by atoms with E-state index in [2.05, 4.69) is 15.2 Å². The molecule has 1 N–H and O–H groups in total. The fourth-order valence-electron chi connectivity index (χ4n) is 4.22. The molecule has 2 aliphatic rings. The molecule has 3 heterocycles. The lowest BCUT2D eigenvalue weighted by Gasteiger charge is -2.30. The van der Waals surface area contributed by atoms with Crippen molar-refractivity contribution in [3.8, 4) is 0 Å². The Morgan fingerprint density at radius 2 is 1.84 bits per heavy atom. The molecule has 2 aromatic rings. The van der Waals surface area contributed by atoms with Crippen LogP contribution in [0.15, 0.2) is 29.4 Å². The Morgan fingerprint density at radius 1 is 1.16 bits per heavy atom. The number of aromatic nitrogens is 2. The molecule has 1 amide bonds. The van der Waals surface area contributed by atoms with Gasteiger partial charge in [-0.25, -0.2) is 17.8 Å². The fourth-order valence-corrected chi connectivity index (χ4v) is 5.72. The van der Waals surface area contributed by atoms with Gasteiger partial charge in [-0.1, -0.05) is 6.07 Å². The molecule has 0 atom stereocenters. The number of benzene rings is 1. The van der Waals surface area contributed by atoms with Crippen molar-refractivity contribution in [1.29, 1.82) is 0 Å². The number of hydrogen-bond acceptors (Lipinski definition) is 5. The number of nitrogens with zero attached hydrogens (tertiary/aromatic N) is 4. The number of anilines is 2. The van der Waals surface area contributed by atoms with E-state index in [1.54, 1.807) is 24.6 Å². The topological polar surface area (TPSA) is 87.5 Å². The number of halogens is 1. The Hall–Kier alpha value is -2.46. The summed E-state index contributed by atoms with van der Waals surface area (Å²) < 4.78 is 43.3. The first-order valence-corrected chi connectivity index (χ1v) is 12.1. The lowest BCUT2D eigenvalue weighted by Crippen LogP contribution is -2.41. The van der Waals surface area contributed by atoms with Crippen molar-refractivity contribution in [2.45, 2.75) is 37.6 Å². The number of rotatable bonds is 5. The number of carbonyl (C=O) groups is 1. The molecule has 2 saturated heterocycles. The highest BCUT2D eigenvalue weighted by molar-refractivity contribution is 7.89. The van der Waals surface area contributed by atoms with Crippen molar-refractivity contribution in [3.05, 3.63) is 36.0 Å². The van der Waals surface area contributed by atoms with Gasteiger partial charge in [0.25, 0.3) is 10.0 Å². The third kappa shape index (κ3) is 4.31. The number of sulfonamides is 1. The van der Waals surface area contributed by atoms with E-state index < -0.39 is 15.8 Å². The van der Waals surface area contributed by atoms with E-state index in [0.717, 1.165) is 25.9 Å². The molecule has 8 nitrogen and oxygen atoms in total. The van der Waals surface area contributed by atoms with Gasteiger partial charge in [-0.15, -0.1) is 0 Å². The third-order valence-electron chi connectivity index (χ3n) is 6.20. The number of aryl methyl sites for hydroxylation is 2. The van der Waals surface area contributed by atoms with Crippen LogP contribution in [-0.4, -0.2) is 54.4 Å². The molecule has 1 aromatic carbocycles. The molecule has 0 aliphatic carbocycles. The summed E-state index contributed by atoms with van der Waals surface area (Å²) in [6.45, 7) is 3.89. The number of imidazole rings is 1. The quantitative estimate of drug-likeness (QED) is 0.758. The number of nitrogens with one attached hydrogen (secondary N) is 1. The first-order valence-electron chi connectivity index (χ1n) is 10.6. The van der Waals surface area contributed by atoms with Crippen LogP contribution in [0.2, 0.25) is 0 Å². The standard InChI is InChI=1S/C21H28FN5O3S/c1-15-23-19(14-25(15)2)31(29,30)27-12-8-16(9-13-27)21(28)24-20-17(22)6-5-7-18(20)26-10-3-4-11-26/h5-7,14,16H,3-4,8-13H2,1-2H3,(H,24,28). The van der Waals surface area contributed by atoms with Crippen LogP contribution in [0.5, 0.6) is 0 Å². The molecule has 10 heteroatoms. The molecular formula is C21H28FN5O3S. The van der Waals surface area contributed by atoms with E-state index in [4.69, 9.17) is 0 Å². The highest BCUT2D eigenvalue weighted by Crippen LogP contribution is 2.32. The molecule has 0 radical (unpaired) electrons. The van der Waals surface area contributed by atoms with E-state index >= 15 is 0 Å². The molecule has 4 rings (SSSR count). The molecule has 0 bridgehead atoms. The Morgan fingerprint density at radius 3 is 2.45 bits per heavy atom. The van der Waals surface area contributed by atoms with Crippen LogP contribution in [0.1, 0.15) is 31.5 Å². The normalized spacial score (nSPS) is 18.5. The van der Waals surface area contributed by atoms with Crippen LogP contribution >= 0.6 is 0 Å². The lowest BCUT2D eigenvalue weighted by atomic mass is 9.97. The minimum Gasteiger partial charge on any atom is -0.370 e. The maximum absolute atomic E-state index is 14.5. The second-order valence-electron chi connectivity index (χ2n) is 8.23. The minimum atomic E-state index is -3.69. The Balaban J connectivity index is 1.42. The zero-order valence-corrected chi connectivity index (χ0v) is 18.7. The first kappa shape index (κ1) is 21.8. The second-order valence-corrected chi connectivity index (χ2v) is 10.1.